The summed E-state index contributed by atoms with van der Waals surface area (Å²) in [6.45, 7) is 8.59. The van der Waals surface area contributed by atoms with E-state index in [-0.39, 0.29) is 29.8 Å². The van der Waals surface area contributed by atoms with Crippen LogP contribution in [0.4, 0.5) is 0 Å². The van der Waals surface area contributed by atoms with Crippen molar-refractivity contribution in [1.29, 1.82) is 0 Å². The van der Waals surface area contributed by atoms with Crippen LogP contribution in [0.5, 0.6) is 5.75 Å². The minimum Gasteiger partial charge on any atom is -0.458 e. The second-order valence-electron chi connectivity index (χ2n) is 7.46. The topological polar surface area (TPSA) is 137 Å². The maximum atomic E-state index is 12.5. The molecule has 1 rings (SSSR count). The molecule has 0 radical (unpaired) electrons. The molecule has 0 aliphatic heterocycles. The van der Waals surface area contributed by atoms with E-state index in [0.29, 0.717) is 0 Å². The lowest BCUT2D eigenvalue weighted by atomic mass is 10.0. The smallest absolute Gasteiger partial charge is 0.338 e. The summed E-state index contributed by atoms with van der Waals surface area (Å²) in [6.07, 6.45) is -0.719. The third-order valence-electron chi connectivity index (χ3n) is 4.20. The summed E-state index contributed by atoms with van der Waals surface area (Å²) in [4.78, 5) is 40.7. The van der Waals surface area contributed by atoms with Crippen LogP contribution in [0.1, 0.15) is 45.0 Å². The molecule has 0 spiro atoms. The molecule has 1 aromatic rings. The van der Waals surface area contributed by atoms with E-state index in [2.05, 4.69) is 10.2 Å². The molecular weight excluding hydrogens is 380 g/mol. The van der Waals surface area contributed by atoms with Crippen molar-refractivity contribution in [2.75, 3.05) is 6.61 Å². The van der Waals surface area contributed by atoms with Crippen LogP contribution in [-0.2, 0) is 19.1 Å². The normalized spacial score (nSPS) is 14.1. The summed E-state index contributed by atoms with van der Waals surface area (Å²) >= 11 is 0. The van der Waals surface area contributed by atoms with Crippen molar-refractivity contribution in [1.82, 2.24) is 5.32 Å². The molecule has 29 heavy (non-hydrogen) atoms. The summed E-state index contributed by atoms with van der Waals surface area (Å²) in [6, 6.07) is 4.05. The van der Waals surface area contributed by atoms with Gasteiger partial charge < -0.3 is 25.4 Å². The molecule has 1 amide bonds. The van der Waals surface area contributed by atoms with Gasteiger partial charge in [0.15, 0.2) is 5.75 Å². The second kappa shape index (κ2) is 11.4. The molecule has 0 saturated heterocycles. The zero-order valence-electron chi connectivity index (χ0n) is 17.4. The van der Waals surface area contributed by atoms with Gasteiger partial charge in [0.1, 0.15) is 18.8 Å². The Bertz CT molecular complexity index is 689. The molecule has 3 atom stereocenters. The van der Waals surface area contributed by atoms with Crippen LogP contribution in [-0.4, -0.2) is 47.9 Å². The summed E-state index contributed by atoms with van der Waals surface area (Å²) in [7, 11) is 0. The van der Waals surface area contributed by atoms with Gasteiger partial charge in [0.2, 0.25) is 5.91 Å². The highest BCUT2D eigenvalue weighted by atomic mass is 17.1. The molecule has 1 aromatic carbocycles. The number of carbonyl (C=O) groups excluding carboxylic acids is 3. The van der Waals surface area contributed by atoms with Crippen molar-refractivity contribution in [2.45, 2.75) is 52.8 Å². The van der Waals surface area contributed by atoms with Gasteiger partial charge in [-0.1, -0.05) is 27.7 Å². The van der Waals surface area contributed by atoms with Gasteiger partial charge in [-0.3, -0.25) is 4.79 Å². The molecule has 9 heteroatoms. The minimum absolute atomic E-state index is 0.0739. The maximum Gasteiger partial charge on any atom is 0.338 e. The molecule has 0 fully saturated rings. The Labute approximate surface area is 170 Å². The van der Waals surface area contributed by atoms with Gasteiger partial charge in [0.05, 0.1) is 11.6 Å². The van der Waals surface area contributed by atoms with Gasteiger partial charge in [-0.2, -0.15) is 0 Å². The van der Waals surface area contributed by atoms with Crippen LogP contribution in [0.25, 0.3) is 0 Å². The Kier molecular flexibility index (Phi) is 9.57. The maximum absolute atomic E-state index is 12.5. The third kappa shape index (κ3) is 7.71. The van der Waals surface area contributed by atoms with Gasteiger partial charge in [-0.05, 0) is 43.0 Å². The van der Waals surface area contributed by atoms with E-state index in [0.717, 1.165) is 0 Å². The van der Waals surface area contributed by atoms with Crippen LogP contribution in [0.2, 0.25) is 0 Å². The molecule has 4 N–H and O–H groups in total. The first-order chi connectivity index (χ1) is 13.6. The van der Waals surface area contributed by atoms with E-state index in [9.17, 15) is 14.4 Å². The monoisotopic (exact) mass is 410 g/mol. The highest BCUT2D eigenvalue weighted by Gasteiger charge is 2.29. The fourth-order valence-corrected chi connectivity index (χ4v) is 2.28. The van der Waals surface area contributed by atoms with Gasteiger partial charge in [-0.15, -0.1) is 0 Å². The fourth-order valence-electron chi connectivity index (χ4n) is 2.28. The highest BCUT2D eigenvalue weighted by Crippen LogP contribution is 2.13. The number of nitrogens with two attached hydrogens (primary N) is 1. The van der Waals surface area contributed by atoms with Gasteiger partial charge in [0.25, 0.3) is 0 Å². The Morgan fingerprint density at radius 1 is 1.03 bits per heavy atom. The number of esters is 2. The van der Waals surface area contributed by atoms with E-state index in [1.54, 1.807) is 20.8 Å². The first-order valence-corrected chi connectivity index (χ1v) is 9.41. The Balaban J connectivity index is 2.58. The lowest BCUT2D eigenvalue weighted by Crippen LogP contribution is -2.53. The first-order valence-electron chi connectivity index (χ1n) is 9.41. The van der Waals surface area contributed by atoms with E-state index in [1.807, 2.05) is 13.8 Å². The molecule has 0 bridgehead atoms. The average Bonchev–Trinajstić information content (AvgIpc) is 2.68. The van der Waals surface area contributed by atoms with Crippen LogP contribution < -0.4 is 15.9 Å². The summed E-state index contributed by atoms with van der Waals surface area (Å²) in [5, 5.41) is 11.2. The van der Waals surface area contributed by atoms with Gasteiger partial charge >= 0.3 is 11.9 Å². The molecule has 0 heterocycles. The number of hydrogen-bond acceptors (Lipinski definition) is 8. The van der Waals surface area contributed by atoms with E-state index < -0.39 is 36.0 Å². The van der Waals surface area contributed by atoms with Crippen molar-refractivity contribution in [3.63, 3.8) is 0 Å². The molecule has 3 unspecified atom stereocenters. The zero-order valence-corrected chi connectivity index (χ0v) is 17.4. The fraction of sp³-hybridized carbons (Fsp3) is 0.550. The minimum atomic E-state index is -0.864. The Morgan fingerprint density at radius 3 is 2.10 bits per heavy atom. The standard InChI is InChI=1S/C20H30N2O7/c1-11(2)16(21)18(23)22-17(12(3)4)20(25)28-13(5)10-27-19(24)14-6-8-15(29-26)9-7-14/h6-9,11-13,16-17,26H,10,21H2,1-5H3,(H,22,23). The summed E-state index contributed by atoms with van der Waals surface area (Å²) in [5.74, 6) is -1.78. The first kappa shape index (κ1) is 24.4. The van der Waals surface area contributed by atoms with Gasteiger partial charge in [0, 0.05) is 0 Å². The number of ether oxygens (including phenoxy) is 2. The van der Waals surface area contributed by atoms with Crippen LogP contribution in [0.15, 0.2) is 24.3 Å². The van der Waals surface area contributed by atoms with Crippen LogP contribution >= 0.6 is 0 Å². The number of amides is 1. The number of nitrogens with one attached hydrogen (secondary N) is 1. The molecule has 0 aliphatic carbocycles. The van der Waals surface area contributed by atoms with E-state index in [1.165, 1.54) is 24.3 Å². The number of rotatable bonds is 10. The molecule has 162 valence electrons. The predicted molar refractivity (Wildman–Crippen MR) is 105 cm³/mol. The van der Waals surface area contributed by atoms with Crippen molar-refractivity contribution in [2.24, 2.45) is 17.6 Å². The van der Waals surface area contributed by atoms with Gasteiger partial charge in [-0.25, -0.2) is 14.8 Å². The molecule has 0 aliphatic rings. The third-order valence-corrected chi connectivity index (χ3v) is 4.20. The number of hydrogen-bond donors (Lipinski definition) is 3. The van der Waals surface area contributed by atoms with E-state index >= 15 is 0 Å². The van der Waals surface area contributed by atoms with Crippen molar-refractivity contribution < 1.29 is 34.0 Å². The Morgan fingerprint density at radius 2 is 1.62 bits per heavy atom. The molecule has 0 saturated carbocycles. The SMILES string of the molecule is CC(COC(=O)c1ccc(OO)cc1)OC(=O)C(NC(=O)C(N)C(C)C)C(C)C. The average molecular weight is 410 g/mol. The lowest BCUT2D eigenvalue weighted by Gasteiger charge is -2.25. The largest absolute Gasteiger partial charge is 0.458 e. The van der Waals surface area contributed by atoms with Crippen molar-refractivity contribution in [3.05, 3.63) is 29.8 Å². The number of carbonyl (C=O) groups is 3. The van der Waals surface area contributed by atoms with Crippen LogP contribution in [0, 0.1) is 11.8 Å². The predicted octanol–water partition coefficient (Wildman–Crippen LogP) is 1.75. The van der Waals surface area contributed by atoms with Crippen molar-refractivity contribution in [3.8, 4) is 5.75 Å². The lowest BCUT2D eigenvalue weighted by molar-refractivity contribution is -0.155. The van der Waals surface area contributed by atoms with Crippen molar-refractivity contribution >= 4 is 17.8 Å². The summed E-state index contributed by atoms with van der Waals surface area (Å²) in [5.41, 5.74) is 6.07. The second-order valence-corrected chi connectivity index (χ2v) is 7.46. The Hall–Kier alpha value is -2.65. The molecule has 9 nitrogen and oxygen atoms in total. The molecular formula is C20H30N2O7. The quantitative estimate of drug-likeness (QED) is 0.301. The van der Waals surface area contributed by atoms with Crippen LogP contribution in [0.3, 0.4) is 0 Å². The van der Waals surface area contributed by atoms with E-state index in [4.69, 9.17) is 20.5 Å². The molecule has 0 aromatic heterocycles. The highest BCUT2D eigenvalue weighted by molar-refractivity contribution is 5.89. The zero-order chi connectivity index (χ0) is 22.1. The number of benzene rings is 1. The summed E-state index contributed by atoms with van der Waals surface area (Å²) < 4.78 is 10.4.